The van der Waals surface area contributed by atoms with Gasteiger partial charge >= 0.3 is 0 Å². The Morgan fingerprint density at radius 3 is 2.70 bits per heavy atom. The molecule has 0 bridgehead atoms. The molecule has 0 aliphatic heterocycles. The van der Waals surface area contributed by atoms with E-state index in [0.717, 1.165) is 24.8 Å². The van der Waals surface area contributed by atoms with Gasteiger partial charge in [0.05, 0.1) is 11.5 Å². The van der Waals surface area contributed by atoms with E-state index in [1.54, 1.807) is 12.1 Å². The Morgan fingerprint density at radius 2 is 2.15 bits per heavy atom. The molecule has 0 radical (unpaired) electrons. The molecule has 0 spiro atoms. The lowest BCUT2D eigenvalue weighted by molar-refractivity contribution is -0.384. The van der Waals surface area contributed by atoms with E-state index in [1.807, 2.05) is 0 Å². The molecule has 5 heteroatoms. The van der Waals surface area contributed by atoms with Gasteiger partial charge in [0.25, 0.3) is 5.69 Å². The highest BCUT2D eigenvalue weighted by atomic mass is 16.6. The lowest BCUT2D eigenvalue weighted by Gasteiger charge is -2.39. The molecule has 20 heavy (non-hydrogen) atoms. The molecule has 1 fully saturated rings. The maximum atomic E-state index is 10.6. The summed E-state index contributed by atoms with van der Waals surface area (Å²) in [6.07, 6.45) is 4.33. The third-order valence-corrected chi connectivity index (χ3v) is 4.21. The molecule has 1 aromatic carbocycles. The molecule has 1 aromatic rings. The van der Waals surface area contributed by atoms with Crippen LogP contribution >= 0.6 is 0 Å². The first-order valence-electron chi connectivity index (χ1n) is 7.14. The van der Waals surface area contributed by atoms with Crippen molar-refractivity contribution in [2.75, 3.05) is 6.61 Å². The number of nitro benzene ring substituents is 1. The highest BCUT2D eigenvalue weighted by molar-refractivity contribution is 5.32. The third-order valence-electron chi connectivity index (χ3n) is 4.21. The summed E-state index contributed by atoms with van der Waals surface area (Å²) < 4.78 is 0. The molecular formula is C15H22N2O3. The number of nitrogens with one attached hydrogen (secondary N) is 1. The van der Waals surface area contributed by atoms with Crippen LogP contribution in [0.1, 0.15) is 38.2 Å². The minimum atomic E-state index is -0.394. The van der Waals surface area contributed by atoms with Crippen molar-refractivity contribution in [2.24, 2.45) is 5.92 Å². The van der Waals surface area contributed by atoms with Gasteiger partial charge < -0.3 is 10.4 Å². The molecular weight excluding hydrogens is 256 g/mol. The number of nitrogens with zero attached hydrogens (tertiary/aromatic N) is 1. The van der Waals surface area contributed by atoms with Gasteiger partial charge in [-0.1, -0.05) is 31.9 Å². The molecule has 5 nitrogen and oxygen atoms in total. The minimum Gasteiger partial charge on any atom is -0.394 e. The molecule has 2 rings (SSSR count). The first-order chi connectivity index (χ1) is 9.54. The third kappa shape index (κ3) is 3.55. The summed E-state index contributed by atoms with van der Waals surface area (Å²) in [5.74, 6) is 0.625. The number of rotatable bonds is 5. The second kappa shape index (κ2) is 6.33. The van der Waals surface area contributed by atoms with Gasteiger partial charge in [0, 0.05) is 24.2 Å². The molecule has 0 saturated heterocycles. The molecule has 0 heterocycles. The minimum absolute atomic E-state index is 0.108. The van der Waals surface area contributed by atoms with Crippen LogP contribution in [0.5, 0.6) is 0 Å². The molecule has 2 N–H and O–H groups in total. The summed E-state index contributed by atoms with van der Waals surface area (Å²) in [4.78, 5) is 10.2. The first kappa shape index (κ1) is 14.9. The van der Waals surface area contributed by atoms with E-state index in [1.165, 1.54) is 18.6 Å². The normalized spacial score (nSPS) is 26.4. The number of nitro groups is 1. The van der Waals surface area contributed by atoms with E-state index >= 15 is 0 Å². The number of hydrogen-bond acceptors (Lipinski definition) is 4. The second-order valence-electron chi connectivity index (χ2n) is 5.92. The van der Waals surface area contributed by atoms with Crippen LogP contribution in [-0.2, 0) is 6.54 Å². The zero-order chi connectivity index (χ0) is 14.6. The van der Waals surface area contributed by atoms with Crippen LogP contribution < -0.4 is 5.32 Å². The monoisotopic (exact) mass is 278 g/mol. The number of benzene rings is 1. The summed E-state index contributed by atoms with van der Waals surface area (Å²) in [5.41, 5.74) is 0.915. The molecule has 1 aliphatic carbocycles. The van der Waals surface area contributed by atoms with Crippen LogP contribution in [-0.4, -0.2) is 22.2 Å². The lowest BCUT2D eigenvalue weighted by Crippen LogP contribution is -2.51. The van der Waals surface area contributed by atoms with Gasteiger partial charge in [-0.05, 0) is 24.3 Å². The number of hydrogen-bond donors (Lipinski definition) is 2. The van der Waals surface area contributed by atoms with E-state index in [4.69, 9.17) is 0 Å². The highest BCUT2D eigenvalue weighted by Gasteiger charge is 2.33. The summed E-state index contributed by atoms with van der Waals surface area (Å²) in [7, 11) is 0. The van der Waals surface area contributed by atoms with Gasteiger partial charge in [-0.25, -0.2) is 0 Å². The van der Waals surface area contributed by atoms with Crippen molar-refractivity contribution < 1.29 is 10.0 Å². The summed E-state index contributed by atoms with van der Waals surface area (Å²) >= 11 is 0. The highest BCUT2D eigenvalue weighted by Crippen LogP contribution is 2.32. The van der Waals surface area contributed by atoms with Gasteiger partial charge in [0.15, 0.2) is 0 Å². The number of non-ortho nitro benzene ring substituents is 1. The Kier molecular flexibility index (Phi) is 4.73. The summed E-state index contributed by atoms with van der Waals surface area (Å²) in [6.45, 7) is 2.99. The standard InChI is InChI=1S/C15H22N2O3/c1-12-3-2-8-15(9-12,11-18)16-10-13-4-6-14(7-5-13)17(19)20/h4-7,12,16,18H,2-3,8-11H2,1H3. The molecule has 0 amide bonds. The fraction of sp³-hybridized carbons (Fsp3) is 0.600. The number of aliphatic hydroxyl groups excluding tert-OH is 1. The molecule has 1 aliphatic rings. The average Bonchev–Trinajstić information content (AvgIpc) is 2.45. The predicted octanol–water partition coefficient (Wildman–Crippen LogP) is 2.63. The molecule has 2 unspecified atom stereocenters. The van der Waals surface area contributed by atoms with Crippen molar-refractivity contribution >= 4 is 5.69 Å². The SMILES string of the molecule is CC1CCCC(CO)(NCc2ccc([N+](=O)[O-])cc2)C1. The van der Waals surface area contributed by atoms with Crippen molar-refractivity contribution in [3.8, 4) is 0 Å². The Hall–Kier alpha value is -1.46. The van der Waals surface area contributed by atoms with Crippen molar-refractivity contribution in [2.45, 2.75) is 44.7 Å². The lowest BCUT2D eigenvalue weighted by atomic mass is 9.77. The second-order valence-corrected chi connectivity index (χ2v) is 5.92. The van der Waals surface area contributed by atoms with Crippen LogP contribution in [0.4, 0.5) is 5.69 Å². The predicted molar refractivity (Wildman–Crippen MR) is 77.4 cm³/mol. The Bertz CT molecular complexity index is 461. The summed E-state index contributed by atoms with van der Waals surface area (Å²) in [6, 6.07) is 6.57. The zero-order valence-electron chi connectivity index (χ0n) is 11.8. The van der Waals surface area contributed by atoms with Gasteiger partial charge in [-0.3, -0.25) is 10.1 Å². The van der Waals surface area contributed by atoms with Gasteiger partial charge in [0.1, 0.15) is 0 Å². The molecule has 1 saturated carbocycles. The maximum Gasteiger partial charge on any atom is 0.269 e. The summed E-state index contributed by atoms with van der Waals surface area (Å²) in [5, 5.41) is 23.8. The van der Waals surface area contributed by atoms with E-state index in [-0.39, 0.29) is 17.8 Å². The van der Waals surface area contributed by atoms with Crippen LogP contribution in [0.2, 0.25) is 0 Å². The average molecular weight is 278 g/mol. The molecule has 110 valence electrons. The van der Waals surface area contributed by atoms with Crippen molar-refractivity contribution in [3.05, 3.63) is 39.9 Å². The quantitative estimate of drug-likeness (QED) is 0.641. The van der Waals surface area contributed by atoms with Crippen LogP contribution in [0.25, 0.3) is 0 Å². The molecule has 2 atom stereocenters. The van der Waals surface area contributed by atoms with Gasteiger partial charge in [-0.2, -0.15) is 0 Å². The Balaban J connectivity index is 1.97. The largest absolute Gasteiger partial charge is 0.394 e. The van der Waals surface area contributed by atoms with Crippen molar-refractivity contribution in [1.29, 1.82) is 0 Å². The number of aliphatic hydroxyl groups is 1. The van der Waals surface area contributed by atoms with Crippen LogP contribution in [0.3, 0.4) is 0 Å². The van der Waals surface area contributed by atoms with Crippen molar-refractivity contribution in [1.82, 2.24) is 5.32 Å². The zero-order valence-corrected chi connectivity index (χ0v) is 11.8. The Morgan fingerprint density at radius 1 is 1.45 bits per heavy atom. The maximum absolute atomic E-state index is 10.6. The molecule has 0 aromatic heterocycles. The van der Waals surface area contributed by atoms with Crippen LogP contribution in [0.15, 0.2) is 24.3 Å². The van der Waals surface area contributed by atoms with E-state index in [9.17, 15) is 15.2 Å². The topological polar surface area (TPSA) is 75.4 Å². The van der Waals surface area contributed by atoms with E-state index in [0.29, 0.717) is 12.5 Å². The Labute approximate surface area is 119 Å². The van der Waals surface area contributed by atoms with E-state index in [2.05, 4.69) is 12.2 Å². The fourth-order valence-electron chi connectivity index (χ4n) is 3.05. The van der Waals surface area contributed by atoms with Crippen molar-refractivity contribution in [3.63, 3.8) is 0 Å². The van der Waals surface area contributed by atoms with E-state index < -0.39 is 4.92 Å². The smallest absolute Gasteiger partial charge is 0.269 e. The van der Waals surface area contributed by atoms with Gasteiger partial charge in [-0.15, -0.1) is 0 Å². The van der Waals surface area contributed by atoms with Gasteiger partial charge in [0.2, 0.25) is 0 Å². The van der Waals surface area contributed by atoms with Crippen LogP contribution in [0, 0.1) is 16.0 Å². The first-order valence-corrected chi connectivity index (χ1v) is 7.14. The fourth-order valence-corrected chi connectivity index (χ4v) is 3.05.